The number of anilines is 1. The summed E-state index contributed by atoms with van der Waals surface area (Å²) in [6.45, 7) is 3.86. The Labute approximate surface area is 157 Å². The van der Waals surface area contributed by atoms with E-state index in [1.54, 1.807) is 6.07 Å². The molecule has 0 aliphatic heterocycles. The molecule has 0 saturated heterocycles. The van der Waals surface area contributed by atoms with Gasteiger partial charge in [0.1, 0.15) is 0 Å². The molecule has 1 heterocycles. The molecule has 0 aliphatic carbocycles. The molecule has 1 aromatic heterocycles. The highest BCUT2D eigenvalue weighted by Gasteiger charge is 2.16. The van der Waals surface area contributed by atoms with Gasteiger partial charge in [-0.1, -0.05) is 23.6 Å². The summed E-state index contributed by atoms with van der Waals surface area (Å²) >= 11 is 5.95. The van der Waals surface area contributed by atoms with E-state index in [0.717, 1.165) is 28.2 Å². The topological polar surface area (TPSA) is 46.9 Å². The van der Waals surface area contributed by atoms with Crippen molar-refractivity contribution in [1.29, 1.82) is 0 Å². The Bertz CT molecular complexity index is 997. The Morgan fingerprint density at radius 3 is 2.65 bits per heavy atom. The van der Waals surface area contributed by atoms with Gasteiger partial charge in [-0.2, -0.15) is 5.10 Å². The molecule has 5 heteroatoms. The molecule has 0 aliphatic rings. The summed E-state index contributed by atoms with van der Waals surface area (Å²) in [4.78, 5) is 12.5. The highest BCUT2D eigenvalue weighted by molar-refractivity contribution is 6.30. The van der Waals surface area contributed by atoms with Crippen LogP contribution in [0.5, 0.6) is 0 Å². The van der Waals surface area contributed by atoms with Crippen LogP contribution in [-0.2, 0) is 11.2 Å². The van der Waals surface area contributed by atoms with Crippen LogP contribution in [0, 0.1) is 26.2 Å². The second kappa shape index (κ2) is 7.47. The fourth-order valence-corrected chi connectivity index (χ4v) is 2.94. The number of amides is 1. The second-order valence-electron chi connectivity index (χ2n) is 5.99. The zero-order valence-corrected chi connectivity index (χ0v) is 15.3. The minimum Gasteiger partial charge on any atom is -0.326 e. The first-order chi connectivity index (χ1) is 12.5. The van der Waals surface area contributed by atoms with Gasteiger partial charge in [-0.25, -0.2) is 4.68 Å². The van der Waals surface area contributed by atoms with E-state index in [2.05, 4.69) is 16.3 Å². The van der Waals surface area contributed by atoms with Gasteiger partial charge < -0.3 is 5.32 Å². The van der Waals surface area contributed by atoms with Gasteiger partial charge in [-0.15, -0.1) is 6.42 Å². The van der Waals surface area contributed by atoms with Crippen LogP contribution in [0.15, 0.2) is 48.5 Å². The number of carbonyl (C=O) groups excluding carboxylic acids is 1. The lowest BCUT2D eigenvalue weighted by atomic mass is 10.1. The molecular formula is C21H18ClN3O. The Balaban J connectivity index is 1.80. The van der Waals surface area contributed by atoms with E-state index in [0.29, 0.717) is 10.7 Å². The average Bonchev–Trinajstić information content (AvgIpc) is 2.90. The van der Waals surface area contributed by atoms with Crippen LogP contribution in [0.2, 0.25) is 5.02 Å². The third-order valence-electron chi connectivity index (χ3n) is 4.16. The summed E-state index contributed by atoms with van der Waals surface area (Å²) in [7, 11) is 0. The number of hydrogen-bond donors (Lipinski definition) is 1. The van der Waals surface area contributed by atoms with E-state index in [1.807, 2.05) is 61.0 Å². The SMILES string of the molecule is C#Cc1cccc(NC(=O)Cc2c(C)nn(-c3ccc(Cl)cc3)c2C)c1. The van der Waals surface area contributed by atoms with Gasteiger partial charge in [-0.3, -0.25) is 4.79 Å². The van der Waals surface area contributed by atoms with E-state index in [4.69, 9.17) is 18.0 Å². The monoisotopic (exact) mass is 363 g/mol. The lowest BCUT2D eigenvalue weighted by Crippen LogP contribution is -2.15. The summed E-state index contributed by atoms with van der Waals surface area (Å²) in [5, 5.41) is 8.12. The molecule has 2 aromatic carbocycles. The normalized spacial score (nSPS) is 10.4. The molecule has 4 nitrogen and oxygen atoms in total. The van der Waals surface area contributed by atoms with Crippen molar-refractivity contribution in [3.05, 3.63) is 76.1 Å². The number of aryl methyl sites for hydroxylation is 1. The Hall–Kier alpha value is -3.03. The molecule has 0 saturated carbocycles. The summed E-state index contributed by atoms with van der Waals surface area (Å²) < 4.78 is 1.83. The fourth-order valence-electron chi connectivity index (χ4n) is 2.82. The third kappa shape index (κ3) is 3.79. The quantitative estimate of drug-likeness (QED) is 0.702. The zero-order chi connectivity index (χ0) is 18.7. The molecule has 26 heavy (non-hydrogen) atoms. The van der Waals surface area contributed by atoms with Crippen molar-refractivity contribution >= 4 is 23.2 Å². The molecule has 0 bridgehead atoms. The van der Waals surface area contributed by atoms with Crippen LogP contribution in [0.1, 0.15) is 22.5 Å². The first-order valence-corrected chi connectivity index (χ1v) is 8.53. The van der Waals surface area contributed by atoms with Crippen LogP contribution >= 0.6 is 11.6 Å². The number of nitrogens with zero attached hydrogens (tertiary/aromatic N) is 2. The van der Waals surface area contributed by atoms with Crippen LogP contribution in [-0.4, -0.2) is 15.7 Å². The van der Waals surface area contributed by atoms with Crippen molar-refractivity contribution in [2.45, 2.75) is 20.3 Å². The lowest BCUT2D eigenvalue weighted by Gasteiger charge is -2.07. The van der Waals surface area contributed by atoms with E-state index in [-0.39, 0.29) is 12.3 Å². The highest BCUT2D eigenvalue weighted by atomic mass is 35.5. The number of hydrogen-bond acceptors (Lipinski definition) is 2. The molecule has 1 amide bonds. The van der Waals surface area contributed by atoms with Gasteiger partial charge in [0.2, 0.25) is 5.91 Å². The number of carbonyl (C=O) groups is 1. The standard InChI is InChI=1S/C21H18ClN3O/c1-4-16-6-5-7-18(12-16)23-21(26)13-20-14(2)24-25(15(20)3)19-10-8-17(22)9-11-19/h1,5-12H,13H2,2-3H3,(H,23,26). The third-order valence-corrected chi connectivity index (χ3v) is 4.41. The maximum Gasteiger partial charge on any atom is 0.228 e. The van der Waals surface area contributed by atoms with Crippen molar-refractivity contribution < 1.29 is 4.79 Å². The smallest absolute Gasteiger partial charge is 0.228 e. The first kappa shape index (κ1) is 17.8. The Kier molecular flexibility index (Phi) is 5.11. The van der Waals surface area contributed by atoms with Crippen molar-refractivity contribution in [2.75, 3.05) is 5.32 Å². The van der Waals surface area contributed by atoms with Crippen molar-refractivity contribution in [1.82, 2.24) is 9.78 Å². The maximum absolute atomic E-state index is 12.5. The van der Waals surface area contributed by atoms with Crippen molar-refractivity contribution in [3.8, 4) is 18.0 Å². The molecule has 0 radical (unpaired) electrons. The van der Waals surface area contributed by atoms with Crippen molar-refractivity contribution in [3.63, 3.8) is 0 Å². The molecule has 0 atom stereocenters. The molecule has 3 rings (SSSR count). The summed E-state index contributed by atoms with van der Waals surface area (Å²) in [6, 6.07) is 14.7. The number of terminal acetylenes is 1. The zero-order valence-electron chi connectivity index (χ0n) is 14.6. The predicted molar refractivity (Wildman–Crippen MR) is 105 cm³/mol. The van der Waals surface area contributed by atoms with E-state index < -0.39 is 0 Å². The van der Waals surface area contributed by atoms with Gasteiger partial charge in [0.05, 0.1) is 17.8 Å². The molecule has 0 fully saturated rings. The van der Waals surface area contributed by atoms with Crippen LogP contribution < -0.4 is 5.32 Å². The van der Waals surface area contributed by atoms with E-state index in [9.17, 15) is 4.79 Å². The van der Waals surface area contributed by atoms with Crippen molar-refractivity contribution in [2.24, 2.45) is 0 Å². The van der Waals surface area contributed by atoms with Gasteiger partial charge >= 0.3 is 0 Å². The number of aromatic nitrogens is 2. The lowest BCUT2D eigenvalue weighted by molar-refractivity contribution is -0.115. The first-order valence-electron chi connectivity index (χ1n) is 8.15. The molecule has 0 spiro atoms. The predicted octanol–water partition coefficient (Wildman–Crippen LogP) is 4.31. The Morgan fingerprint density at radius 1 is 1.23 bits per heavy atom. The van der Waals surface area contributed by atoms with Gasteiger partial charge in [0.25, 0.3) is 0 Å². The van der Waals surface area contributed by atoms with Gasteiger partial charge in [0.15, 0.2) is 0 Å². The molecule has 130 valence electrons. The molecule has 1 N–H and O–H groups in total. The van der Waals surface area contributed by atoms with E-state index >= 15 is 0 Å². The summed E-state index contributed by atoms with van der Waals surface area (Å²) in [6.07, 6.45) is 5.64. The largest absolute Gasteiger partial charge is 0.326 e. The average molecular weight is 364 g/mol. The van der Waals surface area contributed by atoms with Gasteiger partial charge in [-0.05, 0) is 56.3 Å². The summed E-state index contributed by atoms with van der Waals surface area (Å²) in [5.74, 6) is 2.45. The van der Waals surface area contributed by atoms with Crippen LogP contribution in [0.25, 0.3) is 5.69 Å². The van der Waals surface area contributed by atoms with Crippen LogP contribution in [0.3, 0.4) is 0 Å². The second-order valence-corrected chi connectivity index (χ2v) is 6.42. The van der Waals surface area contributed by atoms with E-state index in [1.165, 1.54) is 0 Å². The number of halogens is 1. The Morgan fingerprint density at radius 2 is 1.96 bits per heavy atom. The summed E-state index contributed by atoms with van der Waals surface area (Å²) in [5.41, 5.74) is 4.98. The fraction of sp³-hybridized carbons (Fsp3) is 0.143. The van der Waals surface area contributed by atoms with Gasteiger partial charge in [0, 0.05) is 27.5 Å². The number of nitrogens with one attached hydrogen (secondary N) is 1. The molecule has 3 aromatic rings. The number of rotatable bonds is 4. The highest BCUT2D eigenvalue weighted by Crippen LogP contribution is 2.20. The molecule has 0 unspecified atom stereocenters. The van der Waals surface area contributed by atoms with Crippen LogP contribution in [0.4, 0.5) is 5.69 Å². The number of benzene rings is 2. The molecular weight excluding hydrogens is 346 g/mol. The minimum atomic E-state index is -0.110. The minimum absolute atomic E-state index is 0.110. The maximum atomic E-state index is 12.5.